The van der Waals surface area contributed by atoms with Crippen LogP contribution < -0.4 is 4.72 Å². The van der Waals surface area contributed by atoms with Gasteiger partial charge in [0.1, 0.15) is 0 Å². The molecule has 0 bridgehead atoms. The SMILES string of the molecule is Cc1ccc2cccc(NS(=O)(=O)C(F)(F)F)c2n1. The van der Waals surface area contributed by atoms with Crippen LogP contribution in [0.15, 0.2) is 30.3 Å². The van der Waals surface area contributed by atoms with Gasteiger partial charge in [0.15, 0.2) is 0 Å². The third-order valence-corrected chi connectivity index (χ3v) is 3.51. The molecule has 1 heterocycles. The number of sulfonamides is 1. The van der Waals surface area contributed by atoms with Crippen molar-refractivity contribution in [1.82, 2.24) is 4.98 Å². The molecular formula is C11H9F3N2O2S. The fourth-order valence-electron chi connectivity index (χ4n) is 1.53. The molecule has 0 amide bonds. The van der Waals surface area contributed by atoms with Gasteiger partial charge in [0.25, 0.3) is 0 Å². The molecule has 0 unspecified atom stereocenters. The van der Waals surface area contributed by atoms with Gasteiger partial charge in [0.2, 0.25) is 0 Å². The third-order valence-electron chi connectivity index (χ3n) is 2.41. The van der Waals surface area contributed by atoms with E-state index in [9.17, 15) is 21.6 Å². The minimum atomic E-state index is -5.45. The quantitative estimate of drug-likeness (QED) is 0.925. The van der Waals surface area contributed by atoms with Crippen LogP contribution >= 0.6 is 0 Å². The normalized spacial score (nSPS) is 12.6. The number of hydrogen-bond donors (Lipinski definition) is 1. The number of aromatic nitrogens is 1. The molecule has 19 heavy (non-hydrogen) atoms. The lowest BCUT2D eigenvalue weighted by molar-refractivity contribution is -0.0429. The van der Waals surface area contributed by atoms with E-state index in [0.29, 0.717) is 11.1 Å². The van der Waals surface area contributed by atoms with Crippen LogP contribution in [0.4, 0.5) is 18.9 Å². The van der Waals surface area contributed by atoms with Crippen LogP contribution in [0.3, 0.4) is 0 Å². The van der Waals surface area contributed by atoms with E-state index in [4.69, 9.17) is 0 Å². The lowest BCUT2D eigenvalue weighted by Gasteiger charge is -2.12. The average molecular weight is 290 g/mol. The van der Waals surface area contributed by atoms with Crippen molar-refractivity contribution in [2.75, 3.05) is 4.72 Å². The predicted octanol–water partition coefficient (Wildman–Crippen LogP) is 2.80. The monoisotopic (exact) mass is 290 g/mol. The fraction of sp³-hybridized carbons (Fsp3) is 0.182. The van der Waals surface area contributed by atoms with Gasteiger partial charge in [-0.2, -0.15) is 21.6 Å². The molecule has 8 heteroatoms. The molecule has 1 N–H and O–H groups in total. The Morgan fingerprint density at radius 1 is 1.16 bits per heavy atom. The zero-order chi connectivity index (χ0) is 14.3. The maximum atomic E-state index is 12.3. The van der Waals surface area contributed by atoms with Gasteiger partial charge in [-0.1, -0.05) is 18.2 Å². The van der Waals surface area contributed by atoms with Crippen molar-refractivity contribution in [3.05, 3.63) is 36.0 Å². The molecule has 0 atom stereocenters. The first-order valence-corrected chi connectivity index (χ1v) is 6.64. The highest BCUT2D eigenvalue weighted by Crippen LogP contribution is 2.28. The van der Waals surface area contributed by atoms with E-state index < -0.39 is 15.5 Å². The highest BCUT2D eigenvalue weighted by Gasteiger charge is 2.46. The highest BCUT2D eigenvalue weighted by atomic mass is 32.2. The zero-order valence-corrected chi connectivity index (χ0v) is 10.5. The summed E-state index contributed by atoms with van der Waals surface area (Å²) in [7, 11) is -5.45. The smallest absolute Gasteiger partial charge is 0.274 e. The summed E-state index contributed by atoms with van der Waals surface area (Å²) >= 11 is 0. The highest BCUT2D eigenvalue weighted by molar-refractivity contribution is 7.93. The summed E-state index contributed by atoms with van der Waals surface area (Å²) in [5.41, 5.74) is -4.81. The number of aryl methyl sites for hydroxylation is 1. The molecule has 0 saturated carbocycles. The molecule has 4 nitrogen and oxygen atoms in total. The van der Waals surface area contributed by atoms with Crippen LogP contribution in [0.5, 0.6) is 0 Å². The van der Waals surface area contributed by atoms with E-state index in [1.165, 1.54) is 16.9 Å². The van der Waals surface area contributed by atoms with Crippen LogP contribution in [0.2, 0.25) is 0 Å². The van der Waals surface area contributed by atoms with Crippen molar-refractivity contribution in [2.45, 2.75) is 12.4 Å². The molecule has 1 aromatic heterocycles. The molecule has 2 rings (SSSR count). The van der Waals surface area contributed by atoms with Gasteiger partial charge in [0.05, 0.1) is 11.2 Å². The number of anilines is 1. The van der Waals surface area contributed by atoms with Crippen LogP contribution in [-0.2, 0) is 10.0 Å². The summed E-state index contributed by atoms with van der Waals surface area (Å²) in [5, 5.41) is 0.549. The lowest BCUT2D eigenvalue weighted by Crippen LogP contribution is -2.30. The van der Waals surface area contributed by atoms with Gasteiger partial charge in [-0.15, -0.1) is 0 Å². The van der Waals surface area contributed by atoms with E-state index >= 15 is 0 Å². The van der Waals surface area contributed by atoms with Crippen molar-refractivity contribution in [1.29, 1.82) is 0 Å². The standard InChI is InChI=1S/C11H9F3N2O2S/c1-7-5-6-8-3-2-4-9(10(8)15-7)16-19(17,18)11(12,13)14/h2-6,16H,1H3. The minimum absolute atomic E-state index is 0.176. The molecule has 2 aromatic rings. The van der Waals surface area contributed by atoms with Crippen LogP contribution in [0, 0.1) is 6.92 Å². The predicted molar refractivity (Wildman–Crippen MR) is 65.1 cm³/mol. The average Bonchev–Trinajstić information content (AvgIpc) is 2.28. The number of fused-ring (bicyclic) bond motifs is 1. The second-order valence-corrected chi connectivity index (χ2v) is 5.56. The summed E-state index contributed by atoms with van der Waals surface area (Å²) in [5.74, 6) is 0. The Labute approximate surface area is 107 Å². The minimum Gasteiger partial charge on any atom is -0.274 e. The molecule has 0 aliphatic heterocycles. The van der Waals surface area contributed by atoms with Crippen molar-refractivity contribution in [3.8, 4) is 0 Å². The number of para-hydroxylation sites is 1. The summed E-state index contributed by atoms with van der Waals surface area (Å²) < 4.78 is 60.7. The van der Waals surface area contributed by atoms with Gasteiger partial charge in [-0.3, -0.25) is 9.71 Å². The first-order chi connectivity index (χ1) is 8.71. The number of nitrogens with zero attached hydrogens (tertiary/aromatic N) is 1. The Kier molecular flexibility index (Phi) is 3.13. The maximum Gasteiger partial charge on any atom is 0.516 e. The number of alkyl halides is 3. The molecule has 0 fully saturated rings. The van der Waals surface area contributed by atoms with E-state index in [2.05, 4.69) is 4.98 Å². The number of halogens is 3. The molecule has 0 saturated heterocycles. The Morgan fingerprint density at radius 2 is 1.84 bits per heavy atom. The van der Waals surface area contributed by atoms with Gasteiger partial charge < -0.3 is 0 Å². The van der Waals surface area contributed by atoms with E-state index in [1.807, 2.05) is 0 Å². The Bertz CT molecular complexity index is 726. The van der Waals surface area contributed by atoms with E-state index in [-0.39, 0.29) is 11.2 Å². The third kappa shape index (κ3) is 2.62. The summed E-state index contributed by atoms with van der Waals surface area (Å²) in [6.45, 7) is 1.66. The van der Waals surface area contributed by atoms with Crippen molar-refractivity contribution in [2.24, 2.45) is 0 Å². The Hall–Kier alpha value is -1.83. The summed E-state index contributed by atoms with van der Waals surface area (Å²) in [4.78, 5) is 4.05. The molecule has 102 valence electrons. The molecule has 0 radical (unpaired) electrons. The van der Waals surface area contributed by atoms with Crippen LogP contribution in [0.1, 0.15) is 5.69 Å². The second-order valence-electron chi connectivity index (χ2n) is 3.88. The molecule has 0 aliphatic rings. The number of pyridine rings is 1. The van der Waals surface area contributed by atoms with Gasteiger partial charge >= 0.3 is 15.5 Å². The van der Waals surface area contributed by atoms with E-state index in [1.54, 1.807) is 25.1 Å². The van der Waals surface area contributed by atoms with E-state index in [0.717, 1.165) is 0 Å². The molecule has 0 spiro atoms. The van der Waals surface area contributed by atoms with Crippen molar-refractivity contribution < 1.29 is 21.6 Å². The van der Waals surface area contributed by atoms with Crippen molar-refractivity contribution >= 4 is 26.6 Å². The van der Waals surface area contributed by atoms with Crippen molar-refractivity contribution in [3.63, 3.8) is 0 Å². The van der Waals surface area contributed by atoms with Gasteiger partial charge in [0, 0.05) is 11.1 Å². The molecule has 1 aromatic carbocycles. The summed E-state index contributed by atoms with van der Waals surface area (Å²) in [6.07, 6.45) is 0. The number of nitrogens with one attached hydrogen (secondary N) is 1. The Morgan fingerprint density at radius 3 is 2.47 bits per heavy atom. The number of hydrogen-bond acceptors (Lipinski definition) is 3. The number of rotatable bonds is 2. The topological polar surface area (TPSA) is 59.1 Å². The molecule has 0 aliphatic carbocycles. The fourth-order valence-corrected chi connectivity index (χ4v) is 2.10. The van der Waals surface area contributed by atoms with Gasteiger partial charge in [-0.25, -0.2) is 0 Å². The zero-order valence-electron chi connectivity index (χ0n) is 9.69. The van der Waals surface area contributed by atoms with Crippen LogP contribution in [0.25, 0.3) is 10.9 Å². The largest absolute Gasteiger partial charge is 0.516 e. The second kappa shape index (κ2) is 4.37. The maximum absolute atomic E-state index is 12.3. The lowest BCUT2D eigenvalue weighted by atomic mass is 10.2. The summed E-state index contributed by atoms with van der Waals surface area (Å²) in [6, 6.07) is 7.66. The van der Waals surface area contributed by atoms with Crippen LogP contribution in [-0.4, -0.2) is 18.9 Å². The molecular weight excluding hydrogens is 281 g/mol. The first kappa shape index (κ1) is 13.6. The van der Waals surface area contributed by atoms with Gasteiger partial charge in [-0.05, 0) is 19.1 Å². The number of benzene rings is 1. The first-order valence-electron chi connectivity index (χ1n) is 5.16. The Balaban J connectivity index is 2.56.